The Hall–Kier alpha value is -2.97. The molecule has 0 saturated carbocycles. The normalized spacial score (nSPS) is 17.7. The third-order valence-electron chi connectivity index (χ3n) is 5.86. The maximum atomic E-state index is 13.6. The van der Waals surface area contributed by atoms with Gasteiger partial charge in [-0.15, -0.1) is 10.2 Å². The molecule has 2 aromatic heterocycles. The van der Waals surface area contributed by atoms with Crippen LogP contribution in [0.3, 0.4) is 0 Å². The van der Waals surface area contributed by atoms with Crippen molar-refractivity contribution in [2.24, 2.45) is 0 Å². The number of halogens is 1. The van der Waals surface area contributed by atoms with E-state index in [0.717, 1.165) is 0 Å². The summed E-state index contributed by atoms with van der Waals surface area (Å²) < 4.78 is 59.2. The molecule has 1 N–H and O–H groups in total. The molecule has 1 saturated heterocycles. The van der Waals surface area contributed by atoms with E-state index in [1.54, 1.807) is 30.3 Å². The van der Waals surface area contributed by atoms with E-state index < -0.39 is 27.5 Å². The van der Waals surface area contributed by atoms with Gasteiger partial charge in [0.05, 0.1) is 44.8 Å². The summed E-state index contributed by atoms with van der Waals surface area (Å²) in [6.45, 7) is 2.52. The molecule has 200 valence electrons. The van der Waals surface area contributed by atoms with Crippen molar-refractivity contribution in [3.8, 4) is 17.2 Å². The Kier molecular flexibility index (Phi) is 8.49. The molecule has 1 fully saturated rings. The molecule has 0 amide bonds. The lowest BCUT2D eigenvalue weighted by atomic mass is 10.2. The molecule has 12 nitrogen and oxygen atoms in total. The molecule has 3 atom stereocenters. The van der Waals surface area contributed by atoms with E-state index in [1.165, 1.54) is 39.0 Å². The number of hydrogen-bond donors (Lipinski definition) is 1. The summed E-state index contributed by atoms with van der Waals surface area (Å²) in [4.78, 5) is 4.22. The maximum Gasteiger partial charge on any atom is 0.243 e. The summed E-state index contributed by atoms with van der Waals surface area (Å²) >= 11 is 5.94. The highest BCUT2D eigenvalue weighted by Gasteiger charge is 2.35. The van der Waals surface area contributed by atoms with Crippen LogP contribution in [-0.2, 0) is 24.2 Å². The molecule has 1 aromatic carbocycles. The van der Waals surface area contributed by atoms with Crippen LogP contribution in [0.5, 0.6) is 11.5 Å². The van der Waals surface area contributed by atoms with Crippen molar-refractivity contribution < 1.29 is 32.1 Å². The lowest BCUT2D eigenvalue weighted by Crippen LogP contribution is -2.33. The highest BCUT2D eigenvalue weighted by Crippen LogP contribution is 2.38. The zero-order chi connectivity index (χ0) is 26.6. The molecule has 0 aliphatic carbocycles. The molecule has 0 spiro atoms. The van der Waals surface area contributed by atoms with Crippen LogP contribution >= 0.6 is 11.6 Å². The van der Waals surface area contributed by atoms with Gasteiger partial charge in [0.1, 0.15) is 34.6 Å². The van der Waals surface area contributed by atoms with E-state index in [9.17, 15) is 8.42 Å². The molecule has 3 heterocycles. The van der Waals surface area contributed by atoms with Crippen molar-refractivity contribution in [1.29, 1.82) is 0 Å². The zero-order valence-corrected chi connectivity index (χ0v) is 22.3. The first-order chi connectivity index (χ1) is 17.8. The van der Waals surface area contributed by atoms with E-state index in [0.29, 0.717) is 46.9 Å². The van der Waals surface area contributed by atoms with Gasteiger partial charge in [-0.05, 0) is 31.2 Å². The summed E-state index contributed by atoms with van der Waals surface area (Å²) in [6.07, 6.45) is -0.0586. The van der Waals surface area contributed by atoms with Crippen LogP contribution in [0.15, 0.2) is 36.5 Å². The van der Waals surface area contributed by atoms with Gasteiger partial charge in [-0.3, -0.25) is 14.3 Å². The molecule has 3 aromatic rings. The van der Waals surface area contributed by atoms with Crippen molar-refractivity contribution in [2.75, 3.05) is 45.9 Å². The summed E-state index contributed by atoms with van der Waals surface area (Å²) in [5.74, 6) is 1.05. The Morgan fingerprint density at radius 2 is 1.84 bits per heavy atom. The number of rotatable bonds is 10. The Morgan fingerprint density at radius 3 is 2.41 bits per heavy atom. The lowest BCUT2D eigenvalue weighted by molar-refractivity contribution is -0.0941. The van der Waals surface area contributed by atoms with E-state index in [4.69, 9.17) is 35.3 Å². The summed E-state index contributed by atoms with van der Waals surface area (Å²) in [5.41, 5.74) is 0.806. The molecular formula is C23H28ClN5O7S. The molecule has 14 heteroatoms. The Labute approximate surface area is 219 Å². The van der Waals surface area contributed by atoms with Gasteiger partial charge in [-0.1, -0.05) is 17.7 Å². The monoisotopic (exact) mass is 553 g/mol. The standard InChI is InChI=1S/C23H28ClN5O7S/c1-14(21(34-4)16-9-8-15(24)12-25-16)37(30,31)28-23-27-26-22(19-13-35-10-11-36-19)29(23)20-17(32-2)6-5-7-18(20)33-3/h5-9,12,14,19,21H,10-11,13H2,1-4H3,(H,27,28)/t14?,19-,21?/m0/s1. The average Bonchev–Trinajstić information content (AvgIpc) is 3.32. The molecule has 1 aliphatic rings. The number of anilines is 1. The van der Waals surface area contributed by atoms with Gasteiger partial charge >= 0.3 is 0 Å². The number of benzene rings is 1. The Bertz CT molecular complexity index is 1290. The maximum absolute atomic E-state index is 13.6. The zero-order valence-electron chi connectivity index (χ0n) is 20.8. The molecule has 0 bridgehead atoms. The van der Waals surface area contributed by atoms with Crippen molar-refractivity contribution in [3.05, 3.63) is 53.1 Å². The van der Waals surface area contributed by atoms with Crippen molar-refractivity contribution in [1.82, 2.24) is 19.7 Å². The number of sulfonamides is 1. The van der Waals surface area contributed by atoms with E-state index in [-0.39, 0.29) is 12.6 Å². The highest BCUT2D eigenvalue weighted by molar-refractivity contribution is 7.93. The predicted octanol–water partition coefficient (Wildman–Crippen LogP) is 2.94. The van der Waals surface area contributed by atoms with Gasteiger partial charge in [0, 0.05) is 13.3 Å². The molecule has 2 unspecified atom stereocenters. The number of hydrogen-bond acceptors (Lipinski definition) is 10. The van der Waals surface area contributed by atoms with E-state index in [1.807, 2.05) is 0 Å². The summed E-state index contributed by atoms with van der Waals surface area (Å²) in [7, 11) is 0.309. The van der Waals surface area contributed by atoms with Crippen LogP contribution in [-0.4, -0.2) is 74.6 Å². The first-order valence-electron chi connectivity index (χ1n) is 11.3. The quantitative estimate of drug-likeness (QED) is 0.399. The van der Waals surface area contributed by atoms with Crippen molar-refractivity contribution >= 4 is 27.6 Å². The predicted molar refractivity (Wildman–Crippen MR) is 135 cm³/mol. The third kappa shape index (κ3) is 5.65. The number of pyridine rings is 1. The minimum Gasteiger partial charge on any atom is -0.494 e. The third-order valence-corrected chi connectivity index (χ3v) is 7.78. The fourth-order valence-corrected chi connectivity index (χ4v) is 5.23. The van der Waals surface area contributed by atoms with Gasteiger partial charge in [-0.2, -0.15) is 0 Å². The molecule has 0 radical (unpaired) electrons. The number of nitrogens with zero attached hydrogens (tertiary/aromatic N) is 4. The second-order valence-corrected chi connectivity index (χ2v) is 10.5. The summed E-state index contributed by atoms with van der Waals surface area (Å²) in [5, 5.41) is 7.76. The number of nitrogens with one attached hydrogen (secondary N) is 1. The topological polar surface area (TPSA) is 136 Å². The van der Waals surface area contributed by atoms with Gasteiger partial charge in [0.2, 0.25) is 16.0 Å². The molecule has 1 aliphatic heterocycles. The first-order valence-corrected chi connectivity index (χ1v) is 13.2. The largest absolute Gasteiger partial charge is 0.494 e. The fourth-order valence-electron chi connectivity index (χ4n) is 3.97. The highest BCUT2D eigenvalue weighted by atomic mass is 35.5. The SMILES string of the molecule is COc1cccc(OC)c1-n1c(NS(=O)(=O)C(C)C(OC)c2ccc(Cl)cn2)nnc1[C@@H]1COCCO1. The van der Waals surface area contributed by atoms with E-state index >= 15 is 0 Å². The van der Waals surface area contributed by atoms with Crippen LogP contribution < -0.4 is 14.2 Å². The first kappa shape index (κ1) is 27.1. The molecular weight excluding hydrogens is 526 g/mol. The van der Waals surface area contributed by atoms with Crippen LogP contribution in [0.2, 0.25) is 5.02 Å². The fraction of sp³-hybridized carbons (Fsp3) is 0.435. The van der Waals surface area contributed by atoms with Gasteiger partial charge in [0.25, 0.3) is 0 Å². The van der Waals surface area contributed by atoms with Crippen LogP contribution in [0.4, 0.5) is 5.95 Å². The minimum absolute atomic E-state index is 0.0854. The van der Waals surface area contributed by atoms with Crippen LogP contribution in [0.1, 0.15) is 30.7 Å². The van der Waals surface area contributed by atoms with Crippen molar-refractivity contribution in [2.45, 2.75) is 24.4 Å². The van der Waals surface area contributed by atoms with E-state index in [2.05, 4.69) is 19.9 Å². The Morgan fingerprint density at radius 1 is 1.11 bits per heavy atom. The van der Waals surface area contributed by atoms with Gasteiger partial charge < -0.3 is 23.7 Å². The average molecular weight is 554 g/mol. The second-order valence-electron chi connectivity index (χ2n) is 8.07. The minimum atomic E-state index is -4.09. The Balaban J connectivity index is 1.78. The summed E-state index contributed by atoms with van der Waals surface area (Å²) in [6, 6.07) is 8.41. The molecule has 4 rings (SSSR count). The van der Waals surface area contributed by atoms with Gasteiger partial charge in [0.15, 0.2) is 5.82 Å². The van der Waals surface area contributed by atoms with Gasteiger partial charge in [-0.25, -0.2) is 8.42 Å². The number of ether oxygens (including phenoxy) is 5. The van der Waals surface area contributed by atoms with Crippen LogP contribution in [0, 0.1) is 0 Å². The second kappa shape index (κ2) is 11.6. The van der Waals surface area contributed by atoms with Crippen LogP contribution in [0.25, 0.3) is 5.69 Å². The van der Waals surface area contributed by atoms with Crippen molar-refractivity contribution in [3.63, 3.8) is 0 Å². The number of methoxy groups -OCH3 is 3. The smallest absolute Gasteiger partial charge is 0.243 e. The number of aromatic nitrogens is 4. The number of para-hydroxylation sites is 1. The molecule has 37 heavy (non-hydrogen) atoms. The lowest BCUT2D eigenvalue weighted by Gasteiger charge is -2.25.